The van der Waals surface area contributed by atoms with Crippen LogP contribution in [0.3, 0.4) is 0 Å². The van der Waals surface area contributed by atoms with Crippen LogP contribution in [0, 0.1) is 0 Å². The Morgan fingerprint density at radius 1 is 1.12 bits per heavy atom. The van der Waals surface area contributed by atoms with E-state index in [0.29, 0.717) is 11.3 Å². The number of nitrogens with zero attached hydrogens (tertiary/aromatic N) is 1. The summed E-state index contributed by atoms with van der Waals surface area (Å²) in [5.74, 6) is -0.219. The van der Waals surface area contributed by atoms with Crippen molar-refractivity contribution in [2.24, 2.45) is 0 Å². The summed E-state index contributed by atoms with van der Waals surface area (Å²) in [5.41, 5.74) is -0.0272. The van der Waals surface area contributed by atoms with Gasteiger partial charge in [0.1, 0.15) is 18.1 Å². The largest absolute Gasteiger partial charge is 0.497 e. The molecule has 0 spiro atoms. The van der Waals surface area contributed by atoms with Crippen molar-refractivity contribution < 1.29 is 37.0 Å². The van der Waals surface area contributed by atoms with Gasteiger partial charge in [-0.3, -0.25) is 4.90 Å². The zero-order valence-electron chi connectivity index (χ0n) is 18.2. The predicted octanol–water partition coefficient (Wildman–Crippen LogP) is 4.31. The maximum absolute atomic E-state index is 13.0. The number of nitrogens with one attached hydrogen (secondary N) is 1. The minimum Gasteiger partial charge on any atom is -0.497 e. The second-order valence-corrected chi connectivity index (χ2v) is 7.11. The van der Waals surface area contributed by atoms with Crippen LogP contribution in [-0.4, -0.2) is 44.3 Å². The molecule has 1 heterocycles. The standard InChI is InChI=1S/C23H23F3N2O5/c1-4-32-21(29)19-18(13-33-17-10-6-8-15(12-17)23(24,25)26)28(2)22(30)27-20(19)14-7-5-9-16(11-14)31-3/h5-12,20H,4,13H2,1-3H3,(H,27,30). The first-order valence-corrected chi connectivity index (χ1v) is 10.0. The topological polar surface area (TPSA) is 77.1 Å². The summed E-state index contributed by atoms with van der Waals surface area (Å²) < 4.78 is 55.1. The molecule has 0 saturated heterocycles. The first kappa shape index (κ1) is 24.0. The number of methoxy groups -OCH3 is 1. The molecule has 1 unspecified atom stereocenters. The zero-order chi connectivity index (χ0) is 24.2. The van der Waals surface area contributed by atoms with E-state index in [9.17, 15) is 22.8 Å². The molecule has 33 heavy (non-hydrogen) atoms. The van der Waals surface area contributed by atoms with Gasteiger partial charge in [0.05, 0.1) is 36.6 Å². The third-order valence-electron chi connectivity index (χ3n) is 5.04. The first-order valence-electron chi connectivity index (χ1n) is 10.0. The number of urea groups is 1. The van der Waals surface area contributed by atoms with E-state index in [-0.39, 0.29) is 30.2 Å². The Hall–Kier alpha value is -3.69. The van der Waals surface area contributed by atoms with Crippen molar-refractivity contribution in [3.8, 4) is 11.5 Å². The van der Waals surface area contributed by atoms with Crippen LogP contribution in [0.5, 0.6) is 11.5 Å². The Morgan fingerprint density at radius 2 is 1.82 bits per heavy atom. The first-order chi connectivity index (χ1) is 15.7. The van der Waals surface area contributed by atoms with Crippen molar-refractivity contribution >= 4 is 12.0 Å². The van der Waals surface area contributed by atoms with E-state index >= 15 is 0 Å². The smallest absolute Gasteiger partial charge is 0.416 e. The van der Waals surface area contributed by atoms with Crippen molar-refractivity contribution in [1.29, 1.82) is 0 Å². The van der Waals surface area contributed by atoms with Crippen LogP contribution < -0.4 is 14.8 Å². The quantitative estimate of drug-likeness (QED) is 0.618. The fraction of sp³-hybridized carbons (Fsp3) is 0.304. The van der Waals surface area contributed by atoms with Gasteiger partial charge >= 0.3 is 18.2 Å². The molecule has 2 aromatic carbocycles. The fourth-order valence-electron chi connectivity index (χ4n) is 3.37. The molecule has 1 aliphatic heterocycles. The van der Waals surface area contributed by atoms with Crippen LogP contribution in [0.1, 0.15) is 24.1 Å². The Kier molecular flexibility index (Phi) is 7.15. The molecule has 0 aromatic heterocycles. The number of carbonyl (C=O) groups is 2. The number of likely N-dealkylation sites (N-methyl/N-ethyl adjacent to an activating group) is 1. The van der Waals surface area contributed by atoms with Gasteiger partial charge in [-0.15, -0.1) is 0 Å². The third-order valence-corrected chi connectivity index (χ3v) is 5.04. The molecule has 3 rings (SSSR count). The summed E-state index contributed by atoms with van der Waals surface area (Å²) in [6.07, 6.45) is -4.53. The second-order valence-electron chi connectivity index (χ2n) is 7.11. The molecule has 10 heteroatoms. The number of hydrogen-bond donors (Lipinski definition) is 1. The monoisotopic (exact) mass is 464 g/mol. The summed E-state index contributed by atoms with van der Waals surface area (Å²) in [5, 5.41) is 2.75. The highest BCUT2D eigenvalue weighted by Crippen LogP contribution is 2.34. The highest BCUT2D eigenvalue weighted by molar-refractivity contribution is 5.95. The third kappa shape index (κ3) is 5.39. The number of halogens is 3. The normalized spacial score (nSPS) is 16.4. The maximum Gasteiger partial charge on any atom is 0.416 e. The molecular formula is C23H23F3N2O5. The molecule has 0 saturated carbocycles. The molecule has 7 nitrogen and oxygen atoms in total. The van der Waals surface area contributed by atoms with Crippen LogP contribution in [0.15, 0.2) is 59.8 Å². The van der Waals surface area contributed by atoms with Gasteiger partial charge in [0.15, 0.2) is 0 Å². The van der Waals surface area contributed by atoms with Gasteiger partial charge in [0, 0.05) is 7.05 Å². The highest BCUT2D eigenvalue weighted by Gasteiger charge is 2.37. The van der Waals surface area contributed by atoms with E-state index in [1.807, 2.05) is 0 Å². The van der Waals surface area contributed by atoms with Crippen molar-refractivity contribution in [1.82, 2.24) is 10.2 Å². The molecular weight excluding hydrogens is 441 g/mol. The van der Waals surface area contributed by atoms with Crippen LogP contribution in [0.4, 0.5) is 18.0 Å². The predicted molar refractivity (Wildman–Crippen MR) is 113 cm³/mol. The Labute approximate surface area is 188 Å². The number of ether oxygens (including phenoxy) is 3. The molecule has 1 N–H and O–H groups in total. The van der Waals surface area contributed by atoms with Gasteiger partial charge in [-0.05, 0) is 42.8 Å². The Balaban J connectivity index is 2.02. The number of amides is 2. The average molecular weight is 464 g/mol. The second kappa shape index (κ2) is 9.85. The molecule has 1 aliphatic rings. The lowest BCUT2D eigenvalue weighted by Crippen LogP contribution is -2.48. The number of benzene rings is 2. The molecule has 1 atom stereocenters. The molecule has 0 radical (unpaired) electrons. The van der Waals surface area contributed by atoms with Gasteiger partial charge in [-0.1, -0.05) is 18.2 Å². The van der Waals surface area contributed by atoms with Crippen LogP contribution in [-0.2, 0) is 15.7 Å². The Bertz CT molecular complexity index is 1070. The average Bonchev–Trinajstić information content (AvgIpc) is 2.79. The number of esters is 1. The van der Waals surface area contributed by atoms with E-state index < -0.39 is 29.8 Å². The van der Waals surface area contributed by atoms with Gasteiger partial charge < -0.3 is 19.5 Å². The van der Waals surface area contributed by atoms with E-state index in [1.54, 1.807) is 31.2 Å². The van der Waals surface area contributed by atoms with Crippen molar-refractivity contribution in [3.63, 3.8) is 0 Å². The van der Waals surface area contributed by atoms with Crippen LogP contribution >= 0.6 is 0 Å². The maximum atomic E-state index is 13.0. The number of hydrogen-bond acceptors (Lipinski definition) is 5. The number of carbonyl (C=O) groups excluding carboxylic acids is 2. The van der Waals surface area contributed by atoms with Crippen molar-refractivity contribution in [3.05, 3.63) is 70.9 Å². The SMILES string of the molecule is CCOC(=O)C1=C(COc2cccc(C(F)(F)F)c2)N(C)C(=O)NC1c1cccc(OC)c1. The summed E-state index contributed by atoms with van der Waals surface area (Å²) in [6, 6.07) is 9.77. The minimum atomic E-state index is -4.53. The molecule has 0 aliphatic carbocycles. The van der Waals surface area contributed by atoms with E-state index in [0.717, 1.165) is 12.1 Å². The van der Waals surface area contributed by atoms with Gasteiger partial charge in [0.2, 0.25) is 0 Å². The van der Waals surface area contributed by atoms with Crippen LogP contribution in [0.2, 0.25) is 0 Å². The lowest BCUT2D eigenvalue weighted by molar-refractivity contribution is -0.139. The van der Waals surface area contributed by atoms with Gasteiger partial charge in [-0.25, -0.2) is 9.59 Å². The number of alkyl halides is 3. The van der Waals surface area contributed by atoms with E-state index in [2.05, 4.69) is 5.32 Å². The summed E-state index contributed by atoms with van der Waals surface area (Å²) in [4.78, 5) is 26.7. The van der Waals surface area contributed by atoms with Gasteiger partial charge in [0.25, 0.3) is 0 Å². The lowest BCUT2D eigenvalue weighted by atomic mass is 9.94. The van der Waals surface area contributed by atoms with Crippen molar-refractivity contribution in [2.45, 2.75) is 19.1 Å². The summed E-state index contributed by atoms with van der Waals surface area (Å²) in [6.45, 7) is 1.40. The van der Waals surface area contributed by atoms with Crippen molar-refractivity contribution in [2.75, 3.05) is 27.4 Å². The lowest BCUT2D eigenvalue weighted by Gasteiger charge is -2.34. The van der Waals surface area contributed by atoms with E-state index in [1.165, 1.54) is 31.2 Å². The summed E-state index contributed by atoms with van der Waals surface area (Å²) in [7, 11) is 2.92. The fourth-order valence-corrected chi connectivity index (χ4v) is 3.37. The summed E-state index contributed by atoms with van der Waals surface area (Å²) >= 11 is 0. The van der Waals surface area contributed by atoms with Crippen LogP contribution in [0.25, 0.3) is 0 Å². The molecule has 2 amide bonds. The zero-order valence-corrected chi connectivity index (χ0v) is 18.2. The van der Waals surface area contributed by atoms with E-state index in [4.69, 9.17) is 14.2 Å². The molecule has 0 bridgehead atoms. The number of rotatable bonds is 7. The Morgan fingerprint density at radius 3 is 2.48 bits per heavy atom. The molecule has 0 fully saturated rings. The van der Waals surface area contributed by atoms with Gasteiger partial charge in [-0.2, -0.15) is 13.2 Å². The molecule has 2 aromatic rings. The minimum absolute atomic E-state index is 0.0576. The highest BCUT2D eigenvalue weighted by atomic mass is 19.4. The molecule has 176 valence electrons.